The van der Waals surface area contributed by atoms with E-state index < -0.39 is 46.9 Å². The van der Waals surface area contributed by atoms with Crippen molar-refractivity contribution in [2.75, 3.05) is 4.90 Å². The smallest absolute Gasteiger partial charge is 0.238 e. The largest absolute Gasteiger partial charge is 0.505 e. The highest BCUT2D eigenvalue weighted by Crippen LogP contribution is 2.56. The van der Waals surface area contributed by atoms with E-state index >= 15 is 0 Å². The van der Waals surface area contributed by atoms with E-state index in [9.17, 15) is 33.5 Å². The summed E-state index contributed by atoms with van der Waals surface area (Å²) < 4.78 is 14.6. The van der Waals surface area contributed by atoms with E-state index in [4.69, 9.17) is 0 Å². The van der Waals surface area contributed by atoms with Gasteiger partial charge in [-0.2, -0.15) is 0 Å². The standard InChI is InChI=1S/C36H26FNO6/c1-18-16-28(39)31-26(32(18)40)17-25-22(29(31)23-8-5-9-27(37)34(23)42)14-15-24-30(25)36(44)38(35(24)43)21-12-10-20(11-13-21)33(41)19-6-3-2-4-7-19/h2-14,16,24-25,29-30,42H,15,17H2,1H3. The molecule has 4 aliphatic rings. The molecule has 1 fully saturated rings. The third kappa shape index (κ3) is 4.05. The number of amides is 2. The summed E-state index contributed by atoms with van der Waals surface area (Å²) in [5, 5.41) is 10.8. The lowest BCUT2D eigenvalue weighted by molar-refractivity contribution is -0.123. The van der Waals surface area contributed by atoms with E-state index in [1.807, 2.05) is 12.1 Å². The Hall–Kier alpha value is -5.24. The van der Waals surface area contributed by atoms with Crippen molar-refractivity contribution >= 4 is 34.9 Å². The molecule has 2 amide bonds. The molecule has 8 heteroatoms. The molecule has 1 saturated heterocycles. The number of hydrogen-bond acceptors (Lipinski definition) is 6. The van der Waals surface area contributed by atoms with Gasteiger partial charge in [0.2, 0.25) is 11.8 Å². The number of halogens is 1. The normalized spacial score (nSPS) is 24.5. The molecule has 0 spiro atoms. The first-order valence-corrected chi connectivity index (χ1v) is 14.4. The predicted molar refractivity (Wildman–Crippen MR) is 158 cm³/mol. The summed E-state index contributed by atoms with van der Waals surface area (Å²) >= 11 is 0. The molecule has 0 aromatic heterocycles. The lowest BCUT2D eigenvalue weighted by atomic mass is 9.59. The van der Waals surface area contributed by atoms with Gasteiger partial charge in [0.1, 0.15) is 0 Å². The van der Waals surface area contributed by atoms with Gasteiger partial charge < -0.3 is 5.11 Å². The molecule has 7 rings (SSSR count). The molecule has 44 heavy (non-hydrogen) atoms. The highest BCUT2D eigenvalue weighted by molar-refractivity contribution is 6.25. The number of para-hydroxylation sites is 1. The van der Waals surface area contributed by atoms with E-state index in [0.29, 0.717) is 22.4 Å². The Morgan fingerprint density at radius 2 is 1.57 bits per heavy atom. The van der Waals surface area contributed by atoms with Crippen LogP contribution >= 0.6 is 0 Å². The molecule has 3 aromatic rings. The van der Waals surface area contributed by atoms with E-state index in [1.165, 1.54) is 18.2 Å². The van der Waals surface area contributed by atoms with Gasteiger partial charge in [0, 0.05) is 39.3 Å². The fraction of sp³-hybridized carbons (Fsp3) is 0.194. The van der Waals surface area contributed by atoms with Crippen LogP contribution in [0, 0.1) is 23.6 Å². The summed E-state index contributed by atoms with van der Waals surface area (Å²) in [5.41, 5.74) is 2.68. The van der Waals surface area contributed by atoms with Crippen LogP contribution in [-0.2, 0) is 19.2 Å². The summed E-state index contributed by atoms with van der Waals surface area (Å²) in [4.78, 5) is 68.6. The van der Waals surface area contributed by atoms with Gasteiger partial charge in [0.15, 0.2) is 28.9 Å². The molecule has 1 aliphatic heterocycles. The zero-order chi connectivity index (χ0) is 30.9. The number of hydrogen-bond donors (Lipinski definition) is 1. The van der Waals surface area contributed by atoms with Gasteiger partial charge in [-0.05, 0) is 62.1 Å². The van der Waals surface area contributed by atoms with Crippen LogP contribution in [0.25, 0.3) is 0 Å². The summed E-state index contributed by atoms with van der Waals surface area (Å²) in [7, 11) is 0. The number of nitrogens with zero attached hydrogens (tertiary/aromatic N) is 1. The van der Waals surface area contributed by atoms with Crippen molar-refractivity contribution in [1.29, 1.82) is 0 Å². The molecule has 1 heterocycles. The lowest BCUT2D eigenvalue weighted by Crippen LogP contribution is -2.39. The van der Waals surface area contributed by atoms with Crippen LogP contribution < -0.4 is 4.90 Å². The maximum Gasteiger partial charge on any atom is 0.238 e. The second-order valence-corrected chi connectivity index (χ2v) is 11.7. The molecule has 3 aromatic carbocycles. The molecule has 218 valence electrons. The van der Waals surface area contributed by atoms with Crippen LogP contribution in [0.3, 0.4) is 0 Å². The Morgan fingerprint density at radius 1 is 0.864 bits per heavy atom. The van der Waals surface area contributed by atoms with Gasteiger partial charge >= 0.3 is 0 Å². The highest BCUT2D eigenvalue weighted by Gasteiger charge is 2.56. The van der Waals surface area contributed by atoms with Crippen LogP contribution in [0.15, 0.2) is 107 Å². The molecule has 0 saturated carbocycles. The van der Waals surface area contributed by atoms with Crippen LogP contribution in [0.2, 0.25) is 0 Å². The number of carbonyl (C=O) groups is 5. The quantitative estimate of drug-likeness (QED) is 0.190. The van der Waals surface area contributed by atoms with E-state index in [2.05, 4.69) is 0 Å². The van der Waals surface area contributed by atoms with Crippen molar-refractivity contribution in [1.82, 2.24) is 0 Å². The van der Waals surface area contributed by atoms with Crippen molar-refractivity contribution in [2.45, 2.75) is 25.7 Å². The highest BCUT2D eigenvalue weighted by atomic mass is 19.1. The molecule has 1 N–H and O–H groups in total. The summed E-state index contributed by atoms with van der Waals surface area (Å²) in [6.45, 7) is 1.55. The summed E-state index contributed by atoms with van der Waals surface area (Å²) in [5.74, 6) is -6.32. The number of Topliss-reactive ketones (excluding diaryl/α,β-unsaturated/α-hetero) is 1. The van der Waals surface area contributed by atoms with Gasteiger partial charge in [0.25, 0.3) is 0 Å². The Bertz CT molecular complexity index is 1900. The van der Waals surface area contributed by atoms with Gasteiger partial charge in [-0.15, -0.1) is 0 Å². The average molecular weight is 588 g/mol. The number of ketones is 3. The SMILES string of the molecule is CC1=CC(=O)C2=C(CC3C(=CCC4C(=O)N(c5ccc(C(=O)c6ccccc6)cc5)C(=O)C43)C2c2cccc(F)c2O)C1=O. The molecular formula is C36H26FNO6. The number of aromatic hydroxyl groups is 1. The number of fused-ring (bicyclic) bond motifs is 3. The van der Waals surface area contributed by atoms with Crippen molar-refractivity contribution in [2.24, 2.45) is 17.8 Å². The Balaban J connectivity index is 1.27. The number of carbonyl (C=O) groups excluding carboxylic acids is 5. The third-order valence-electron chi connectivity index (χ3n) is 9.31. The molecule has 3 aliphatic carbocycles. The minimum absolute atomic E-state index is 0.0715. The monoisotopic (exact) mass is 587 g/mol. The molecule has 7 nitrogen and oxygen atoms in total. The molecule has 4 unspecified atom stereocenters. The Kier molecular flexibility index (Phi) is 6.39. The van der Waals surface area contributed by atoms with E-state index in [0.717, 1.165) is 11.0 Å². The molecule has 4 atom stereocenters. The predicted octanol–water partition coefficient (Wildman–Crippen LogP) is 5.40. The zero-order valence-corrected chi connectivity index (χ0v) is 23.6. The average Bonchev–Trinajstić information content (AvgIpc) is 3.29. The van der Waals surface area contributed by atoms with Crippen molar-refractivity contribution in [3.63, 3.8) is 0 Å². The first-order chi connectivity index (χ1) is 21.2. The number of imide groups is 1. The topological polar surface area (TPSA) is 109 Å². The number of allylic oxidation sites excluding steroid dienone is 6. The number of rotatable bonds is 4. The Morgan fingerprint density at radius 3 is 2.30 bits per heavy atom. The minimum atomic E-state index is -0.943. The van der Waals surface area contributed by atoms with E-state index in [-0.39, 0.29) is 52.6 Å². The first kappa shape index (κ1) is 27.6. The van der Waals surface area contributed by atoms with Crippen molar-refractivity contribution < 1.29 is 33.5 Å². The Labute approximate surface area is 252 Å². The second kappa shape index (κ2) is 10.2. The van der Waals surface area contributed by atoms with Crippen molar-refractivity contribution in [3.05, 3.63) is 130 Å². The maximum absolute atomic E-state index is 14.6. The van der Waals surface area contributed by atoms with Crippen LogP contribution in [0.4, 0.5) is 10.1 Å². The fourth-order valence-electron chi connectivity index (χ4n) is 7.27. The van der Waals surface area contributed by atoms with E-state index in [1.54, 1.807) is 55.5 Å². The number of benzene rings is 3. The van der Waals surface area contributed by atoms with Gasteiger partial charge in [0.05, 0.1) is 17.5 Å². The van der Waals surface area contributed by atoms with Crippen molar-refractivity contribution in [3.8, 4) is 5.75 Å². The fourth-order valence-corrected chi connectivity index (χ4v) is 7.27. The van der Waals surface area contributed by atoms with Gasteiger partial charge in [-0.1, -0.05) is 54.1 Å². The lowest BCUT2D eigenvalue weighted by Gasteiger charge is -2.42. The first-order valence-electron chi connectivity index (χ1n) is 14.4. The summed E-state index contributed by atoms with van der Waals surface area (Å²) in [6.07, 6.45) is 3.34. The molecule has 0 radical (unpaired) electrons. The summed E-state index contributed by atoms with van der Waals surface area (Å²) in [6, 6.07) is 19.1. The number of phenols is 1. The number of anilines is 1. The zero-order valence-electron chi connectivity index (χ0n) is 23.6. The van der Waals surface area contributed by atoms with Crippen LogP contribution in [0.5, 0.6) is 5.75 Å². The second-order valence-electron chi connectivity index (χ2n) is 11.7. The van der Waals surface area contributed by atoms with Gasteiger partial charge in [-0.25, -0.2) is 4.39 Å². The third-order valence-corrected chi connectivity index (χ3v) is 9.31. The molecule has 0 bridgehead atoms. The molecular weight excluding hydrogens is 561 g/mol. The van der Waals surface area contributed by atoms with Crippen LogP contribution in [-0.4, -0.2) is 34.3 Å². The number of phenolic OH excluding ortho intramolecular Hbond substituents is 1. The van der Waals surface area contributed by atoms with Crippen LogP contribution in [0.1, 0.15) is 47.2 Å². The minimum Gasteiger partial charge on any atom is -0.505 e. The maximum atomic E-state index is 14.6. The van der Waals surface area contributed by atoms with Gasteiger partial charge in [-0.3, -0.25) is 28.9 Å².